The Hall–Kier alpha value is -3.35. The van der Waals surface area contributed by atoms with Crippen molar-refractivity contribution in [1.82, 2.24) is 4.98 Å². The van der Waals surface area contributed by atoms with Crippen LogP contribution in [0.2, 0.25) is 0 Å². The first-order valence-corrected chi connectivity index (χ1v) is 13.4. The highest BCUT2D eigenvalue weighted by atomic mass is 35.5. The van der Waals surface area contributed by atoms with Gasteiger partial charge in [-0.1, -0.05) is 55.7 Å². The van der Waals surface area contributed by atoms with Crippen LogP contribution in [0, 0.1) is 0 Å². The molecule has 3 aromatic carbocycles. The van der Waals surface area contributed by atoms with Crippen LogP contribution < -0.4 is 10.2 Å². The van der Waals surface area contributed by atoms with Crippen LogP contribution in [-0.4, -0.2) is 23.1 Å². The Labute approximate surface area is 228 Å². The van der Waals surface area contributed by atoms with Crippen molar-refractivity contribution in [1.29, 1.82) is 0 Å². The maximum absolute atomic E-state index is 11.1. The molecule has 5 nitrogen and oxygen atoms in total. The van der Waals surface area contributed by atoms with E-state index in [4.69, 9.17) is 10.1 Å². The molecule has 5 rings (SSSR count). The maximum Gasteiger partial charge on any atom is 0.335 e. The van der Waals surface area contributed by atoms with Gasteiger partial charge in [0, 0.05) is 35.9 Å². The van der Waals surface area contributed by atoms with E-state index in [1.54, 1.807) is 35.6 Å². The molecule has 1 fully saturated rings. The molecule has 7 heteroatoms. The number of anilines is 3. The summed E-state index contributed by atoms with van der Waals surface area (Å²) in [7, 11) is 1.94. The zero-order valence-corrected chi connectivity index (χ0v) is 22.5. The molecule has 0 aliphatic heterocycles. The van der Waals surface area contributed by atoms with Crippen molar-refractivity contribution in [3.63, 3.8) is 0 Å². The Morgan fingerprint density at radius 2 is 1.65 bits per heavy atom. The Morgan fingerprint density at radius 1 is 0.973 bits per heavy atom. The molecular formula is C30H32ClN3O2S. The molecule has 0 unspecified atom stereocenters. The molecule has 0 atom stereocenters. The SMILES string of the molecule is CN(c1ccc(C(=O)O)cc1)c1nc(-c2ccc(NCc3ccc(C4CCCCC4)cc3)cc2)cs1.Cl. The predicted octanol–water partition coefficient (Wildman–Crippen LogP) is 8.36. The lowest BCUT2D eigenvalue weighted by Gasteiger charge is -2.22. The normalized spacial score (nSPS) is 13.5. The highest BCUT2D eigenvalue weighted by Crippen LogP contribution is 2.33. The van der Waals surface area contributed by atoms with Crippen LogP contribution in [0.1, 0.15) is 59.5 Å². The smallest absolute Gasteiger partial charge is 0.335 e. The van der Waals surface area contributed by atoms with E-state index in [0.29, 0.717) is 0 Å². The summed E-state index contributed by atoms with van der Waals surface area (Å²) in [6.45, 7) is 0.802. The van der Waals surface area contributed by atoms with Crippen molar-refractivity contribution in [3.8, 4) is 11.3 Å². The fourth-order valence-corrected chi connectivity index (χ4v) is 5.62. The molecule has 1 saturated carbocycles. The number of halogens is 1. The van der Waals surface area contributed by atoms with Gasteiger partial charge in [-0.15, -0.1) is 23.7 Å². The van der Waals surface area contributed by atoms with E-state index in [9.17, 15) is 4.79 Å². The van der Waals surface area contributed by atoms with Gasteiger partial charge in [-0.2, -0.15) is 0 Å². The lowest BCUT2D eigenvalue weighted by Crippen LogP contribution is -2.09. The zero-order chi connectivity index (χ0) is 24.9. The first-order chi connectivity index (χ1) is 17.6. The Balaban J connectivity index is 0.00000320. The van der Waals surface area contributed by atoms with Gasteiger partial charge in [0.25, 0.3) is 0 Å². The summed E-state index contributed by atoms with van der Waals surface area (Å²) in [5.74, 6) is -0.178. The number of nitrogens with one attached hydrogen (secondary N) is 1. The van der Waals surface area contributed by atoms with Gasteiger partial charge in [0.1, 0.15) is 0 Å². The summed E-state index contributed by atoms with van der Waals surface area (Å²) in [6.07, 6.45) is 6.79. The van der Waals surface area contributed by atoms with Crippen LogP contribution >= 0.6 is 23.7 Å². The third-order valence-corrected chi connectivity index (χ3v) is 7.93. The number of thiazole rings is 1. The highest BCUT2D eigenvalue weighted by Gasteiger charge is 2.15. The lowest BCUT2D eigenvalue weighted by molar-refractivity contribution is 0.0697. The number of nitrogens with zero attached hydrogens (tertiary/aromatic N) is 2. The minimum absolute atomic E-state index is 0. The molecule has 0 radical (unpaired) electrons. The van der Waals surface area contributed by atoms with Crippen LogP contribution in [0.5, 0.6) is 0 Å². The minimum Gasteiger partial charge on any atom is -0.478 e. The van der Waals surface area contributed by atoms with Crippen LogP contribution in [0.3, 0.4) is 0 Å². The van der Waals surface area contributed by atoms with E-state index in [1.165, 1.54) is 43.2 Å². The van der Waals surface area contributed by atoms with Crippen molar-refractivity contribution in [3.05, 3.63) is 94.9 Å². The first-order valence-electron chi connectivity index (χ1n) is 12.5. The Kier molecular flexibility index (Phi) is 8.85. The molecule has 37 heavy (non-hydrogen) atoms. The lowest BCUT2D eigenvalue weighted by atomic mass is 9.84. The van der Waals surface area contributed by atoms with E-state index >= 15 is 0 Å². The summed E-state index contributed by atoms with van der Waals surface area (Å²) in [5.41, 5.74) is 7.03. The highest BCUT2D eigenvalue weighted by molar-refractivity contribution is 7.14. The number of rotatable bonds is 8. The molecule has 1 heterocycles. The van der Waals surface area contributed by atoms with Gasteiger partial charge in [0.2, 0.25) is 0 Å². The molecule has 0 amide bonds. The van der Waals surface area contributed by atoms with Gasteiger partial charge in [-0.25, -0.2) is 9.78 Å². The predicted molar refractivity (Wildman–Crippen MR) is 156 cm³/mol. The quantitative estimate of drug-likeness (QED) is 0.238. The minimum atomic E-state index is -0.925. The second-order valence-electron chi connectivity index (χ2n) is 9.43. The van der Waals surface area contributed by atoms with Gasteiger partial charge in [-0.05, 0) is 66.3 Å². The molecule has 4 aromatic rings. The topological polar surface area (TPSA) is 65.5 Å². The Morgan fingerprint density at radius 3 is 2.30 bits per heavy atom. The molecule has 1 aliphatic carbocycles. The number of carboxylic acids is 1. The average molecular weight is 534 g/mol. The number of hydrogen-bond donors (Lipinski definition) is 2. The number of aromatic nitrogens is 1. The molecule has 0 bridgehead atoms. The number of hydrogen-bond acceptors (Lipinski definition) is 5. The standard InChI is InChI=1S/C30H31N3O2S.ClH/c1-33(27-17-13-25(14-18-27)29(34)35)30-32-28(20-36-30)24-11-15-26(16-12-24)31-19-21-7-9-23(10-8-21)22-5-3-2-4-6-22;/h7-18,20,22,31H,2-6,19H2,1H3,(H,34,35);1H. The fourth-order valence-electron chi connectivity index (χ4n) is 4.80. The van der Waals surface area contributed by atoms with E-state index < -0.39 is 5.97 Å². The van der Waals surface area contributed by atoms with Crippen LogP contribution in [-0.2, 0) is 6.54 Å². The summed E-state index contributed by atoms with van der Waals surface area (Å²) in [6, 6.07) is 24.3. The molecule has 2 N–H and O–H groups in total. The van der Waals surface area contributed by atoms with Gasteiger partial charge < -0.3 is 15.3 Å². The fraction of sp³-hybridized carbons (Fsp3) is 0.267. The number of benzene rings is 3. The number of carboxylic acid groups (broad SMARTS) is 1. The summed E-state index contributed by atoms with van der Waals surface area (Å²) >= 11 is 1.56. The largest absolute Gasteiger partial charge is 0.478 e. The van der Waals surface area contributed by atoms with Crippen molar-refractivity contribution in [2.75, 3.05) is 17.3 Å². The summed E-state index contributed by atoms with van der Waals surface area (Å²) in [4.78, 5) is 17.8. The van der Waals surface area contributed by atoms with Crippen LogP contribution in [0.15, 0.2) is 78.2 Å². The monoisotopic (exact) mass is 533 g/mol. The number of carbonyl (C=O) groups is 1. The third kappa shape index (κ3) is 6.51. The molecule has 192 valence electrons. The second-order valence-corrected chi connectivity index (χ2v) is 10.3. The van der Waals surface area contributed by atoms with Crippen molar-refractivity contribution in [2.45, 2.75) is 44.6 Å². The zero-order valence-electron chi connectivity index (χ0n) is 20.9. The maximum atomic E-state index is 11.1. The molecular weight excluding hydrogens is 502 g/mol. The second kappa shape index (κ2) is 12.3. The Bertz CT molecular complexity index is 1300. The van der Waals surface area contributed by atoms with E-state index in [-0.39, 0.29) is 18.0 Å². The molecule has 1 aliphatic rings. The third-order valence-electron chi connectivity index (χ3n) is 7.01. The van der Waals surface area contributed by atoms with Crippen molar-refractivity contribution in [2.24, 2.45) is 0 Å². The van der Waals surface area contributed by atoms with Crippen LogP contribution in [0.4, 0.5) is 16.5 Å². The molecule has 1 aromatic heterocycles. The van der Waals surface area contributed by atoms with Gasteiger partial charge in [-0.3, -0.25) is 0 Å². The van der Waals surface area contributed by atoms with E-state index in [0.717, 1.165) is 40.2 Å². The van der Waals surface area contributed by atoms with Crippen molar-refractivity contribution >= 4 is 46.2 Å². The number of aromatic carboxylic acids is 1. The molecule has 0 saturated heterocycles. The summed E-state index contributed by atoms with van der Waals surface area (Å²) < 4.78 is 0. The average Bonchev–Trinajstić information content (AvgIpc) is 3.43. The van der Waals surface area contributed by atoms with Crippen LogP contribution in [0.25, 0.3) is 11.3 Å². The van der Waals surface area contributed by atoms with E-state index in [2.05, 4.69) is 53.8 Å². The van der Waals surface area contributed by atoms with E-state index in [1.807, 2.05) is 17.3 Å². The summed E-state index contributed by atoms with van der Waals surface area (Å²) in [5, 5.41) is 15.5. The van der Waals surface area contributed by atoms with Crippen molar-refractivity contribution < 1.29 is 9.90 Å². The van der Waals surface area contributed by atoms with Gasteiger partial charge in [0.05, 0.1) is 11.3 Å². The van der Waals surface area contributed by atoms with Gasteiger partial charge in [0.15, 0.2) is 5.13 Å². The molecule has 0 spiro atoms. The first kappa shape index (κ1) is 26.7. The van der Waals surface area contributed by atoms with Gasteiger partial charge >= 0.3 is 5.97 Å².